The summed E-state index contributed by atoms with van der Waals surface area (Å²) < 4.78 is 0. The molecule has 1 aliphatic carbocycles. The average molecular weight is 292 g/mol. The van der Waals surface area contributed by atoms with Crippen molar-refractivity contribution in [1.82, 2.24) is 4.99 Å². The van der Waals surface area contributed by atoms with Crippen LogP contribution in [0.3, 0.4) is 0 Å². The van der Waals surface area contributed by atoms with Gasteiger partial charge in [-0.25, -0.2) is 0 Å². The number of hydrogen-bond acceptors (Lipinski definition) is 2. The molecule has 0 aromatic rings. The first-order valence-electron chi connectivity index (χ1n) is 3.79. The number of hydrogen-bond donors (Lipinski definition) is 0. The van der Waals surface area contributed by atoms with Crippen molar-refractivity contribution >= 4 is 17.3 Å². The van der Waals surface area contributed by atoms with Gasteiger partial charge in [0, 0.05) is 6.42 Å². The van der Waals surface area contributed by atoms with E-state index in [9.17, 15) is 0 Å². The van der Waals surface area contributed by atoms with Crippen molar-refractivity contribution in [3.05, 3.63) is 22.8 Å². The van der Waals surface area contributed by atoms with E-state index in [0.717, 1.165) is 6.42 Å². The molecule has 0 bridgehead atoms. The predicted octanol–water partition coefficient (Wildman–Crippen LogP) is -0.701. The Balaban J connectivity index is 0.000000720. The van der Waals surface area contributed by atoms with Crippen molar-refractivity contribution < 1.29 is 24.0 Å². The number of halogens is 1. The molecule has 65 valence electrons. The second-order valence-electron chi connectivity index (χ2n) is 3.66. The molecule has 0 spiro atoms. The minimum Gasteiger partial charge on any atom is -1.00 e. The fraction of sp³-hybridized carbons (Fsp3) is 0.444. The molecule has 0 saturated heterocycles. The van der Waals surface area contributed by atoms with Crippen LogP contribution in [0.5, 0.6) is 0 Å². The molecule has 1 heterocycles. The molecule has 0 atom stereocenters. The molecule has 0 unspecified atom stereocenters. The fourth-order valence-corrected chi connectivity index (χ4v) is 2.04. The van der Waals surface area contributed by atoms with Crippen LogP contribution in [0.15, 0.2) is 22.8 Å². The quantitative estimate of drug-likeness (QED) is 0.539. The summed E-state index contributed by atoms with van der Waals surface area (Å²) in [5, 5.41) is 0. The van der Waals surface area contributed by atoms with Gasteiger partial charge < -0.3 is 24.0 Å². The van der Waals surface area contributed by atoms with E-state index < -0.39 is 0 Å². The predicted molar refractivity (Wildman–Crippen MR) is 50.4 cm³/mol. The molecular formula is C9H11INS. The zero-order valence-electron chi connectivity index (χ0n) is 7.17. The normalized spacial score (nSPS) is 23.8. The van der Waals surface area contributed by atoms with Gasteiger partial charge in [-0.15, -0.1) is 0 Å². The van der Waals surface area contributed by atoms with Gasteiger partial charge in [-0.1, -0.05) is 19.9 Å². The summed E-state index contributed by atoms with van der Waals surface area (Å²) in [7, 11) is 0. The molecule has 12 heavy (non-hydrogen) atoms. The summed E-state index contributed by atoms with van der Waals surface area (Å²) in [4.78, 5) is 5.66. The number of rotatable bonds is 0. The van der Waals surface area contributed by atoms with Crippen molar-refractivity contribution in [1.29, 1.82) is 0 Å². The highest BCUT2D eigenvalue weighted by Gasteiger charge is 2.31. The fourth-order valence-electron chi connectivity index (χ4n) is 1.34. The molecule has 2 aliphatic rings. The zero-order valence-corrected chi connectivity index (χ0v) is 10.1. The van der Waals surface area contributed by atoms with Crippen LogP contribution < -0.4 is 29.0 Å². The maximum Gasteiger partial charge on any atom is 0.281 e. The van der Waals surface area contributed by atoms with Gasteiger partial charge >= 0.3 is 0 Å². The lowest BCUT2D eigenvalue weighted by Crippen LogP contribution is -3.00. The monoisotopic (exact) mass is 292 g/mol. The summed E-state index contributed by atoms with van der Waals surface area (Å²) in [6, 6.07) is 0. The van der Waals surface area contributed by atoms with Crippen molar-refractivity contribution in [2.75, 3.05) is 0 Å². The molecule has 0 saturated carbocycles. The third-order valence-electron chi connectivity index (χ3n) is 1.98. The van der Waals surface area contributed by atoms with E-state index in [2.05, 4.69) is 31.0 Å². The van der Waals surface area contributed by atoms with Gasteiger partial charge in [0.05, 0.1) is 9.90 Å². The second kappa shape index (κ2) is 3.54. The molecule has 0 fully saturated rings. The van der Waals surface area contributed by atoms with Crippen LogP contribution in [0.1, 0.15) is 20.3 Å². The number of nitrogens with zero attached hydrogens (tertiary/aromatic N) is 1. The van der Waals surface area contributed by atoms with Crippen LogP contribution in [0.4, 0.5) is 0 Å². The lowest BCUT2D eigenvalue weighted by atomic mass is 9.84. The van der Waals surface area contributed by atoms with Gasteiger partial charge in [0.15, 0.2) is 0 Å². The number of aliphatic imine (C=N–C) groups is 1. The molecule has 1 nitrogen and oxygen atoms in total. The molecule has 0 aromatic heterocycles. The Morgan fingerprint density at radius 2 is 2.25 bits per heavy atom. The van der Waals surface area contributed by atoms with Crippen LogP contribution in [0.2, 0.25) is 0 Å². The van der Waals surface area contributed by atoms with E-state index in [0.29, 0.717) is 5.41 Å². The minimum atomic E-state index is 0. The first-order chi connectivity index (χ1) is 5.17. The molecule has 3 heteroatoms. The Kier molecular flexibility index (Phi) is 3.04. The topological polar surface area (TPSA) is 14.1 Å². The molecule has 0 aromatic carbocycles. The molecular weight excluding hydrogens is 281 g/mol. The van der Waals surface area contributed by atoms with Gasteiger partial charge in [-0.3, -0.25) is 0 Å². The Bertz CT molecular complexity index is 276. The van der Waals surface area contributed by atoms with Crippen LogP contribution >= 0.6 is 11.8 Å². The Hall–Kier alpha value is 0.230. The molecule has 2 rings (SSSR count). The summed E-state index contributed by atoms with van der Waals surface area (Å²) in [5.41, 5.74) is 3.50. The van der Waals surface area contributed by atoms with E-state index >= 15 is 0 Å². The molecule has 1 aliphatic heterocycles. The van der Waals surface area contributed by atoms with E-state index in [4.69, 9.17) is 0 Å². The summed E-state index contributed by atoms with van der Waals surface area (Å²) in [5.74, 6) is 0. The first kappa shape index (κ1) is 10.3. The lowest BCUT2D eigenvalue weighted by Gasteiger charge is -2.19. The van der Waals surface area contributed by atoms with Crippen LogP contribution in [-0.2, 0) is 0 Å². The highest BCUT2D eigenvalue weighted by atomic mass is 127. The summed E-state index contributed by atoms with van der Waals surface area (Å²) in [6.07, 6.45) is 5.55. The van der Waals surface area contributed by atoms with Gasteiger partial charge in [-0.05, 0) is 23.3 Å². The van der Waals surface area contributed by atoms with Crippen molar-refractivity contribution in [3.8, 4) is 0 Å². The third kappa shape index (κ3) is 1.93. The number of allylic oxidation sites excluding steroid dienone is 3. The first-order valence-corrected chi connectivity index (χ1v) is 4.67. The van der Waals surface area contributed by atoms with E-state index in [-0.39, 0.29) is 24.0 Å². The SMILES string of the molecule is CC1(C)C=CC2=C(C1)[N+]=CS2.[I-]. The van der Waals surface area contributed by atoms with E-state index in [1.165, 1.54) is 10.6 Å². The van der Waals surface area contributed by atoms with Crippen LogP contribution in [0.25, 0.3) is 0 Å². The molecule has 0 N–H and O–H groups in total. The van der Waals surface area contributed by atoms with E-state index in [1.807, 2.05) is 5.55 Å². The Labute approximate surface area is 94.4 Å². The smallest absolute Gasteiger partial charge is 0.281 e. The second-order valence-corrected chi connectivity index (χ2v) is 4.55. The maximum atomic E-state index is 4.32. The Morgan fingerprint density at radius 1 is 1.50 bits per heavy atom. The minimum absolute atomic E-state index is 0. The number of thioether (sulfide) groups is 1. The van der Waals surface area contributed by atoms with Crippen LogP contribution in [-0.4, -0.2) is 5.55 Å². The summed E-state index contributed by atoms with van der Waals surface area (Å²) in [6.45, 7) is 4.48. The lowest BCUT2D eigenvalue weighted by molar-refractivity contribution is -0.00000269. The highest BCUT2D eigenvalue weighted by Crippen LogP contribution is 2.37. The zero-order chi connectivity index (χ0) is 7.90. The largest absolute Gasteiger partial charge is 1.00 e. The van der Waals surface area contributed by atoms with Crippen LogP contribution in [0, 0.1) is 5.41 Å². The maximum absolute atomic E-state index is 4.32. The van der Waals surface area contributed by atoms with Gasteiger partial charge in [-0.2, -0.15) is 0 Å². The van der Waals surface area contributed by atoms with Crippen molar-refractivity contribution in [3.63, 3.8) is 0 Å². The van der Waals surface area contributed by atoms with Crippen molar-refractivity contribution in [2.24, 2.45) is 5.41 Å². The third-order valence-corrected chi connectivity index (χ3v) is 2.82. The van der Waals surface area contributed by atoms with E-state index in [1.54, 1.807) is 11.8 Å². The van der Waals surface area contributed by atoms with Gasteiger partial charge in [0.25, 0.3) is 11.2 Å². The Morgan fingerprint density at radius 3 is 3.00 bits per heavy atom. The average Bonchev–Trinajstić information content (AvgIpc) is 2.31. The molecule has 1 radical (unpaired) electrons. The van der Waals surface area contributed by atoms with Gasteiger partial charge in [0.2, 0.25) is 0 Å². The standard InChI is InChI=1S/C9H11NS.HI/c1-9(2)4-3-8-7(5-9)10-6-11-8;/h3-4,6H,5H2,1-2H3;1H/q+1;/p-1. The summed E-state index contributed by atoms with van der Waals surface area (Å²) >= 11 is 1.73. The highest BCUT2D eigenvalue weighted by molar-refractivity contribution is 8.15. The van der Waals surface area contributed by atoms with Crippen molar-refractivity contribution in [2.45, 2.75) is 20.3 Å². The van der Waals surface area contributed by atoms with Gasteiger partial charge in [0.1, 0.15) is 0 Å². The molecule has 0 amide bonds.